The van der Waals surface area contributed by atoms with E-state index in [1.807, 2.05) is 0 Å². The second-order valence-corrected chi connectivity index (χ2v) is 18.0. The molecule has 0 unspecified atom stereocenters. The number of para-hydroxylation sites is 7. The van der Waals surface area contributed by atoms with Gasteiger partial charge in [0.2, 0.25) is 11.9 Å². The summed E-state index contributed by atoms with van der Waals surface area (Å²) in [5, 5.41) is 2.52. The van der Waals surface area contributed by atoms with Gasteiger partial charge in [-0.3, -0.25) is 4.90 Å². The third-order valence-corrected chi connectivity index (χ3v) is 16.1. The second kappa shape index (κ2) is 12.3. The number of fused-ring (bicyclic) bond motifs is 12. The van der Waals surface area contributed by atoms with Gasteiger partial charge in [0.25, 0.3) is 0 Å². The van der Waals surface area contributed by atoms with Crippen LogP contribution in [0.4, 0.5) is 34.6 Å². The fourth-order valence-corrected chi connectivity index (χ4v) is 14.5. The smallest absolute Gasteiger partial charge is 0.310 e. The standard InChI is InChI=1S/C50H34N6Si/c1-3-18-35(19-4-1)37-22-17-23-38(34-37)53-49-51-40-25-8-11-28-43(40)55(49)57(56-44-29-12-9-26-41(44)52-50(53)56)47-32-15-13-30-45(47)54(46-31-14-16-33-48(46)57)42-27-10-7-24-39(42)36-20-5-2-6-21-36/h1-34H. The Bertz CT molecular complexity index is 3040. The molecule has 1 spiro atoms. The minimum absolute atomic E-state index is 0.860. The Labute approximate surface area is 331 Å². The second-order valence-electron chi connectivity index (χ2n) is 14.6. The molecule has 0 atom stereocenters. The summed E-state index contributed by atoms with van der Waals surface area (Å²) in [5.74, 6) is 1.72. The fraction of sp³-hybridized carbons (Fsp3) is 0. The average molecular weight is 747 g/mol. The van der Waals surface area contributed by atoms with Crippen LogP contribution in [0.25, 0.3) is 44.3 Å². The molecule has 0 amide bonds. The maximum absolute atomic E-state index is 5.57. The molecule has 6 nitrogen and oxygen atoms in total. The van der Waals surface area contributed by atoms with E-state index in [0.717, 1.165) is 67.8 Å². The zero-order chi connectivity index (χ0) is 37.5. The molecule has 0 N–H and O–H groups in total. The normalized spacial score (nSPS) is 13.7. The van der Waals surface area contributed by atoms with Gasteiger partial charge in [0.15, 0.2) is 0 Å². The molecule has 2 aliphatic rings. The van der Waals surface area contributed by atoms with Crippen molar-refractivity contribution in [2.45, 2.75) is 0 Å². The van der Waals surface area contributed by atoms with Crippen molar-refractivity contribution >= 4 is 75.5 Å². The molecule has 4 heterocycles. The first-order chi connectivity index (χ1) is 28.3. The summed E-state index contributed by atoms with van der Waals surface area (Å²) >= 11 is 0. The number of aromatic nitrogens is 4. The maximum Gasteiger partial charge on any atom is 0.349 e. The molecular weight excluding hydrogens is 713 g/mol. The Morgan fingerprint density at radius 3 is 1.44 bits per heavy atom. The van der Waals surface area contributed by atoms with Gasteiger partial charge in [0.1, 0.15) is 0 Å². The summed E-state index contributed by atoms with van der Waals surface area (Å²) in [6.07, 6.45) is 0. The molecule has 0 saturated carbocycles. The highest BCUT2D eigenvalue weighted by Crippen LogP contribution is 2.50. The third-order valence-electron chi connectivity index (χ3n) is 11.6. The highest BCUT2D eigenvalue weighted by Gasteiger charge is 2.57. The molecule has 8 aromatic carbocycles. The quantitative estimate of drug-likeness (QED) is 0.168. The van der Waals surface area contributed by atoms with E-state index in [0.29, 0.717) is 0 Å². The van der Waals surface area contributed by atoms with E-state index in [-0.39, 0.29) is 0 Å². The van der Waals surface area contributed by atoms with E-state index in [4.69, 9.17) is 9.97 Å². The molecule has 2 aromatic heterocycles. The van der Waals surface area contributed by atoms with E-state index in [1.54, 1.807) is 0 Å². The number of anilines is 6. The topological polar surface area (TPSA) is 42.1 Å². The highest BCUT2D eigenvalue weighted by atomic mass is 28.3. The summed E-state index contributed by atoms with van der Waals surface area (Å²) < 4.78 is 5.22. The molecule has 10 aromatic rings. The van der Waals surface area contributed by atoms with E-state index < -0.39 is 8.40 Å². The lowest BCUT2D eigenvalue weighted by molar-refractivity contribution is 0.940. The van der Waals surface area contributed by atoms with Gasteiger partial charge >= 0.3 is 8.40 Å². The molecular formula is C50H34N6Si. The van der Waals surface area contributed by atoms with Crippen LogP contribution in [0.2, 0.25) is 0 Å². The van der Waals surface area contributed by atoms with Crippen molar-refractivity contribution in [3.8, 4) is 22.3 Å². The first-order valence-electron chi connectivity index (χ1n) is 19.4. The van der Waals surface area contributed by atoms with Crippen molar-refractivity contribution in [1.82, 2.24) is 18.4 Å². The largest absolute Gasteiger partial charge is 0.349 e. The first-order valence-corrected chi connectivity index (χ1v) is 21.3. The lowest BCUT2D eigenvalue weighted by Crippen LogP contribution is -2.74. The summed E-state index contributed by atoms with van der Waals surface area (Å²) in [7, 11) is -3.38. The molecule has 2 aliphatic heterocycles. The number of hydrogen-bond acceptors (Lipinski definition) is 4. The monoisotopic (exact) mass is 746 g/mol. The van der Waals surface area contributed by atoms with Gasteiger partial charge in [-0.1, -0.05) is 152 Å². The van der Waals surface area contributed by atoms with Crippen LogP contribution in [0.3, 0.4) is 0 Å². The molecule has 7 heteroatoms. The van der Waals surface area contributed by atoms with Crippen LogP contribution in [-0.2, 0) is 0 Å². The number of hydrogen-bond donors (Lipinski definition) is 0. The van der Waals surface area contributed by atoms with Gasteiger partial charge in [-0.05, 0) is 71.3 Å². The molecule has 0 radical (unpaired) electrons. The van der Waals surface area contributed by atoms with E-state index >= 15 is 0 Å². The van der Waals surface area contributed by atoms with Gasteiger partial charge in [0.05, 0.1) is 33.4 Å². The van der Waals surface area contributed by atoms with Crippen LogP contribution in [0.15, 0.2) is 206 Å². The van der Waals surface area contributed by atoms with Crippen LogP contribution < -0.4 is 20.2 Å². The zero-order valence-electron chi connectivity index (χ0n) is 30.8. The van der Waals surface area contributed by atoms with Crippen LogP contribution in [0, 0.1) is 0 Å². The average Bonchev–Trinajstić information content (AvgIpc) is 3.87. The molecule has 57 heavy (non-hydrogen) atoms. The van der Waals surface area contributed by atoms with Crippen molar-refractivity contribution in [1.29, 1.82) is 0 Å². The van der Waals surface area contributed by atoms with E-state index in [2.05, 4.69) is 225 Å². The minimum Gasteiger partial charge on any atom is -0.310 e. The van der Waals surface area contributed by atoms with Crippen LogP contribution in [-0.4, -0.2) is 26.8 Å². The molecule has 0 aliphatic carbocycles. The van der Waals surface area contributed by atoms with Gasteiger partial charge in [-0.2, -0.15) is 0 Å². The van der Waals surface area contributed by atoms with Gasteiger partial charge in [0, 0.05) is 27.3 Å². The predicted octanol–water partition coefficient (Wildman–Crippen LogP) is 10.9. The number of imidazole rings is 2. The van der Waals surface area contributed by atoms with E-state index in [9.17, 15) is 0 Å². The fourth-order valence-electron chi connectivity index (χ4n) is 9.31. The predicted molar refractivity (Wildman–Crippen MR) is 236 cm³/mol. The molecule has 0 bridgehead atoms. The number of benzene rings is 8. The van der Waals surface area contributed by atoms with Crippen LogP contribution in [0.1, 0.15) is 0 Å². The Morgan fingerprint density at radius 2 is 0.825 bits per heavy atom. The van der Waals surface area contributed by atoms with Crippen molar-refractivity contribution in [2.75, 3.05) is 9.80 Å². The van der Waals surface area contributed by atoms with Crippen molar-refractivity contribution < 1.29 is 0 Å². The summed E-state index contributed by atoms with van der Waals surface area (Å²) in [6, 6.07) is 74.2. The molecule has 0 saturated heterocycles. The van der Waals surface area contributed by atoms with Crippen molar-refractivity contribution in [3.05, 3.63) is 206 Å². The van der Waals surface area contributed by atoms with Crippen LogP contribution in [0.5, 0.6) is 0 Å². The molecule has 0 fully saturated rings. The Balaban J connectivity index is 1.22. The lowest BCUT2D eigenvalue weighted by Gasteiger charge is -2.49. The Kier molecular flexibility index (Phi) is 6.85. The maximum atomic E-state index is 5.57. The van der Waals surface area contributed by atoms with Gasteiger partial charge in [-0.15, -0.1) is 0 Å². The van der Waals surface area contributed by atoms with Crippen molar-refractivity contribution in [2.24, 2.45) is 0 Å². The summed E-state index contributed by atoms with van der Waals surface area (Å²) in [5.41, 5.74) is 13.2. The number of rotatable bonds is 4. The third kappa shape index (κ3) is 4.45. The SMILES string of the molecule is c1ccc(-c2cccc(N3c4nc5ccccc5n4[Si]4(c5ccccc5N(c5ccccc5-c5ccccc5)c5ccccc54)n4c3nc3ccccc34)c2)cc1. The molecule has 268 valence electrons. The lowest BCUT2D eigenvalue weighted by atomic mass is 10.0. The van der Waals surface area contributed by atoms with Gasteiger partial charge < -0.3 is 13.4 Å². The van der Waals surface area contributed by atoms with Gasteiger partial charge in [-0.25, -0.2) is 9.97 Å². The zero-order valence-corrected chi connectivity index (χ0v) is 31.8. The molecule has 12 rings (SSSR count). The van der Waals surface area contributed by atoms with E-state index in [1.165, 1.54) is 21.5 Å². The summed E-state index contributed by atoms with van der Waals surface area (Å²) in [6.45, 7) is 0. The van der Waals surface area contributed by atoms with Crippen LogP contribution >= 0.6 is 0 Å². The Hall–Kier alpha value is -7.48. The summed E-state index contributed by atoms with van der Waals surface area (Å²) in [4.78, 5) is 15.9. The van der Waals surface area contributed by atoms with Crippen molar-refractivity contribution in [3.63, 3.8) is 0 Å². The minimum atomic E-state index is -3.38. The number of nitrogens with zero attached hydrogens (tertiary/aromatic N) is 6. The first kappa shape index (κ1) is 31.8. The highest BCUT2D eigenvalue weighted by molar-refractivity contribution is 7.03. The Morgan fingerprint density at radius 1 is 0.351 bits per heavy atom.